The Balaban J connectivity index is 4.31. The molecule has 402 valence electrons. The zero-order valence-electron chi connectivity index (χ0n) is 46.0. The molecule has 0 bridgehead atoms. The van der Waals surface area contributed by atoms with Gasteiger partial charge in [-0.2, -0.15) is 0 Å². The molecule has 1 unspecified atom stereocenters. The minimum atomic E-state index is -0.791. The van der Waals surface area contributed by atoms with Gasteiger partial charge in [-0.15, -0.1) is 0 Å². The first-order valence-electron chi connectivity index (χ1n) is 29.6. The Kier molecular flexibility index (Phi) is 55.3. The van der Waals surface area contributed by atoms with Gasteiger partial charge in [0.1, 0.15) is 13.2 Å². The minimum Gasteiger partial charge on any atom is -0.462 e. The molecule has 0 radical (unpaired) electrons. The van der Waals surface area contributed by atoms with Crippen molar-refractivity contribution in [1.29, 1.82) is 0 Å². The quantitative estimate of drug-likeness (QED) is 0.0261. The minimum absolute atomic E-state index is 0.0881. The van der Waals surface area contributed by atoms with Crippen molar-refractivity contribution in [2.24, 2.45) is 0 Å². The van der Waals surface area contributed by atoms with Crippen molar-refractivity contribution in [3.05, 3.63) is 85.1 Å². The second-order valence-electron chi connectivity index (χ2n) is 19.5. The average molecular weight is 976 g/mol. The van der Waals surface area contributed by atoms with Crippen molar-refractivity contribution in [3.63, 3.8) is 0 Å². The van der Waals surface area contributed by atoms with Crippen molar-refractivity contribution in [2.45, 2.75) is 290 Å². The zero-order valence-corrected chi connectivity index (χ0v) is 46.0. The van der Waals surface area contributed by atoms with E-state index in [0.29, 0.717) is 19.3 Å². The van der Waals surface area contributed by atoms with E-state index >= 15 is 0 Å². The van der Waals surface area contributed by atoms with Gasteiger partial charge < -0.3 is 14.2 Å². The summed E-state index contributed by atoms with van der Waals surface area (Å²) in [5, 5.41) is 0. The predicted octanol–water partition coefficient (Wildman–Crippen LogP) is 19.9. The summed E-state index contributed by atoms with van der Waals surface area (Å²) in [6.45, 7) is 6.48. The standard InChI is InChI=1S/C64H110O6/c1-4-7-10-13-16-19-22-25-27-28-29-30-31-32-33-34-35-36-38-39-42-45-48-51-54-57-63(66)69-60-61(59-68-62(65)56-53-50-47-44-41-24-21-18-15-12-9-6-3)70-64(67)58-55-52-49-46-43-40-37-26-23-20-17-14-11-8-5-2/h8,11,17-18,20-22,25-26,28-29,31-32,37,61H,4-7,9-10,12-16,19,23-24,27,30,33-36,38-60H2,1-3H3/b11-8-,20-17-,21-18-,25-22-,29-28-,32-31-,37-26-. The molecule has 0 N–H and O–H groups in total. The van der Waals surface area contributed by atoms with Crippen LogP contribution in [0.15, 0.2) is 85.1 Å². The van der Waals surface area contributed by atoms with Crippen molar-refractivity contribution < 1.29 is 28.6 Å². The van der Waals surface area contributed by atoms with Gasteiger partial charge in [-0.3, -0.25) is 14.4 Å². The fourth-order valence-corrected chi connectivity index (χ4v) is 8.16. The molecule has 0 saturated carbocycles. The number of ether oxygens (including phenoxy) is 3. The van der Waals surface area contributed by atoms with E-state index in [1.54, 1.807) is 0 Å². The smallest absolute Gasteiger partial charge is 0.306 e. The first-order valence-corrected chi connectivity index (χ1v) is 29.6. The predicted molar refractivity (Wildman–Crippen MR) is 302 cm³/mol. The van der Waals surface area contributed by atoms with Crippen molar-refractivity contribution in [3.8, 4) is 0 Å². The Morgan fingerprint density at radius 1 is 0.300 bits per heavy atom. The van der Waals surface area contributed by atoms with Gasteiger partial charge in [0.25, 0.3) is 0 Å². The molecular formula is C64H110O6. The Bertz CT molecular complexity index is 1350. The highest BCUT2D eigenvalue weighted by molar-refractivity contribution is 5.71. The third kappa shape index (κ3) is 55.5. The van der Waals surface area contributed by atoms with Crippen LogP contribution in [0.3, 0.4) is 0 Å². The van der Waals surface area contributed by atoms with E-state index in [-0.39, 0.29) is 31.1 Å². The number of esters is 3. The van der Waals surface area contributed by atoms with Crippen molar-refractivity contribution in [2.75, 3.05) is 13.2 Å². The van der Waals surface area contributed by atoms with E-state index in [1.807, 2.05) is 0 Å². The van der Waals surface area contributed by atoms with E-state index in [4.69, 9.17) is 14.2 Å². The number of carbonyl (C=O) groups excluding carboxylic acids is 3. The van der Waals surface area contributed by atoms with Crippen molar-refractivity contribution >= 4 is 17.9 Å². The number of rotatable bonds is 53. The fourth-order valence-electron chi connectivity index (χ4n) is 8.16. The number of hydrogen-bond acceptors (Lipinski definition) is 6. The van der Waals surface area contributed by atoms with Crippen LogP contribution in [0, 0.1) is 0 Å². The van der Waals surface area contributed by atoms with Crippen LogP contribution in [0.1, 0.15) is 284 Å². The highest BCUT2D eigenvalue weighted by Gasteiger charge is 2.19. The zero-order chi connectivity index (χ0) is 50.7. The van der Waals surface area contributed by atoms with Crippen LogP contribution in [-0.4, -0.2) is 37.2 Å². The lowest BCUT2D eigenvalue weighted by atomic mass is 10.1. The molecule has 0 saturated heterocycles. The summed E-state index contributed by atoms with van der Waals surface area (Å²) in [4.78, 5) is 38.1. The van der Waals surface area contributed by atoms with Crippen LogP contribution in [0.2, 0.25) is 0 Å². The van der Waals surface area contributed by atoms with E-state index in [9.17, 15) is 14.4 Å². The lowest BCUT2D eigenvalue weighted by molar-refractivity contribution is -0.167. The SMILES string of the molecule is CC/C=C\C/C=C\C/C=C\CCCCCCCC(=O)OC(COC(=O)CCCCCCC/C=C\CCCCC)COC(=O)CCCCCCCCCCCC/C=C\C/C=C\C/C=C\CCCCCCC. The molecule has 70 heavy (non-hydrogen) atoms. The van der Waals surface area contributed by atoms with Crippen LogP contribution >= 0.6 is 0 Å². The van der Waals surface area contributed by atoms with Gasteiger partial charge in [-0.05, 0) is 116 Å². The van der Waals surface area contributed by atoms with Gasteiger partial charge >= 0.3 is 17.9 Å². The largest absolute Gasteiger partial charge is 0.462 e. The number of hydrogen-bond donors (Lipinski definition) is 0. The third-order valence-corrected chi connectivity index (χ3v) is 12.6. The van der Waals surface area contributed by atoms with E-state index in [1.165, 1.54) is 128 Å². The molecule has 0 aromatic rings. The normalized spacial score (nSPS) is 12.7. The fraction of sp³-hybridized carbons (Fsp3) is 0.734. The Labute approximate surface area is 433 Å². The first kappa shape index (κ1) is 66.6. The summed E-state index contributed by atoms with van der Waals surface area (Å²) in [5.74, 6) is -0.913. The molecule has 0 spiro atoms. The molecule has 0 fully saturated rings. The van der Waals surface area contributed by atoms with Crippen molar-refractivity contribution in [1.82, 2.24) is 0 Å². The van der Waals surface area contributed by atoms with Gasteiger partial charge in [0.2, 0.25) is 0 Å². The molecule has 0 aromatic heterocycles. The van der Waals surface area contributed by atoms with E-state index in [2.05, 4.69) is 106 Å². The molecule has 0 aliphatic heterocycles. The second-order valence-corrected chi connectivity index (χ2v) is 19.5. The van der Waals surface area contributed by atoms with Gasteiger partial charge in [0, 0.05) is 19.3 Å². The average Bonchev–Trinajstić information content (AvgIpc) is 3.36. The van der Waals surface area contributed by atoms with Crippen LogP contribution in [0.5, 0.6) is 0 Å². The second kappa shape index (κ2) is 58.2. The highest BCUT2D eigenvalue weighted by atomic mass is 16.6. The molecule has 6 heteroatoms. The Morgan fingerprint density at radius 2 is 0.557 bits per heavy atom. The molecule has 0 aliphatic rings. The van der Waals surface area contributed by atoms with Crippen LogP contribution in [-0.2, 0) is 28.6 Å². The lowest BCUT2D eigenvalue weighted by Crippen LogP contribution is -2.30. The van der Waals surface area contributed by atoms with Crippen LogP contribution in [0.25, 0.3) is 0 Å². The Morgan fingerprint density at radius 3 is 0.914 bits per heavy atom. The van der Waals surface area contributed by atoms with Gasteiger partial charge in [0.15, 0.2) is 6.10 Å². The van der Waals surface area contributed by atoms with Gasteiger partial charge in [-0.1, -0.05) is 234 Å². The molecular weight excluding hydrogens is 865 g/mol. The molecule has 6 nitrogen and oxygen atoms in total. The summed E-state index contributed by atoms with van der Waals surface area (Å²) in [7, 11) is 0. The topological polar surface area (TPSA) is 78.9 Å². The summed E-state index contributed by atoms with van der Waals surface area (Å²) < 4.78 is 16.8. The molecule has 0 amide bonds. The van der Waals surface area contributed by atoms with E-state index < -0.39 is 6.10 Å². The first-order chi connectivity index (χ1) is 34.5. The number of allylic oxidation sites excluding steroid dienone is 14. The maximum absolute atomic E-state index is 12.8. The highest BCUT2D eigenvalue weighted by Crippen LogP contribution is 2.15. The summed E-state index contributed by atoms with van der Waals surface area (Å²) >= 11 is 0. The van der Waals surface area contributed by atoms with Gasteiger partial charge in [-0.25, -0.2) is 0 Å². The molecule has 0 rings (SSSR count). The monoisotopic (exact) mass is 975 g/mol. The Hall–Kier alpha value is -3.41. The number of unbranched alkanes of at least 4 members (excludes halogenated alkanes) is 28. The van der Waals surface area contributed by atoms with Gasteiger partial charge in [0.05, 0.1) is 0 Å². The van der Waals surface area contributed by atoms with Crippen LogP contribution < -0.4 is 0 Å². The molecule has 0 aliphatic carbocycles. The molecule has 0 heterocycles. The molecule has 0 aromatic carbocycles. The number of carbonyl (C=O) groups is 3. The third-order valence-electron chi connectivity index (χ3n) is 12.6. The lowest BCUT2D eigenvalue weighted by Gasteiger charge is -2.18. The van der Waals surface area contributed by atoms with E-state index in [0.717, 1.165) is 116 Å². The summed E-state index contributed by atoms with van der Waals surface area (Å²) in [6, 6.07) is 0. The van der Waals surface area contributed by atoms with Crippen LogP contribution in [0.4, 0.5) is 0 Å². The maximum Gasteiger partial charge on any atom is 0.306 e. The summed E-state index contributed by atoms with van der Waals surface area (Å²) in [6.07, 6.45) is 75.8. The maximum atomic E-state index is 12.8. The molecule has 1 atom stereocenters. The summed E-state index contributed by atoms with van der Waals surface area (Å²) in [5.41, 5.74) is 0.